The molecular weight excluding hydrogens is 270 g/mol. The first-order valence-corrected chi connectivity index (χ1v) is 6.96. The van der Waals surface area contributed by atoms with Crippen LogP contribution in [0, 0.1) is 5.41 Å². The van der Waals surface area contributed by atoms with Crippen LogP contribution in [0.3, 0.4) is 0 Å². The third-order valence-electron chi connectivity index (χ3n) is 2.59. The van der Waals surface area contributed by atoms with Crippen molar-refractivity contribution in [3.8, 4) is 0 Å². The van der Waals surface area contributed by atoms with Crippen LogP contribution >= 0.6 is 12.2 Å². The van der Waals surface area contributed by atoms with Gasteiger partial charge in [-0.05, 0) is 41.9 Å². The molecule has 0 spiro atoms. The number of hydrogen-bond donors (Lipinski definition) is 2. The lowest BCUT2D eigenvalue weighted by molar-refractivity contribution is -0.121. The highest BCUT2D eigenvalue weighted by Crippen LogP contribution is 2.18. The summed E-state index contributed by atoms with van der Waals surface area (Å²) in [4.78, 5) is 13.8. The van der Waals surface area contributed by atoms with Crippen molar-refractivity contribution in [2.24, 2.45) is 5.41 Å². The van der Waals surface area contributed by atoms with Gasteiger partial charge in [-0.2, -0.15) is 0 Å². The van der Waals surface area contributed by atoms with Crippen molar-refractivity contribution < 1.29 is 4.79 Å². The summed E-state index contributed by atoms with van der Waals surface area (Å²) in [6.07, 6.45) is 0.439. The average Bonchev–Trinajstić information content (AvgIpc) is 2.26. The van der Waals surface area contributed by atoms with Gasteiger partial charge in [0.15, 0.2) is 5.11 Å². The highest BCUT2D eigenvalue weighted by Gasteiger charge is 2.16. The summed E-state index contributed by atoms with van der Waals surface area (Å²) < 4.78 is 0. The number of rotatable bonds is 3. The summed E-state index contributed by atoms with van der Waals surface area (Å²) in [6.45, 7) is 6.05. The van der Waals surface area contributed by atoms with E-state index in [0.29, 0.717) is 11.5 Å². The van der Waals surface area contributed by atoms with Crippen LogP contribution in [0.4, 0.5) is 11.4 Å². The molecule has 1 aromatic carbocycles. The van der Waals surface area contributed by atoms with Crippen LogP contribution in [0.25, 0.3) is 0 Å². The van der Waals surface area contributed by atoms with Crippen LogP contribution in [0.2, 0.25) is 0 Å². The van der Waals surface area contributed by atoms with E-state index in [-0.39, 0.29) is 11.3 Å². The molecule has 5 heteroatoms. The molecule has 110 valence electrons. The van der Waals surface area contributed by atoms with Crippen molar-refractivity contribution in [1.82, 2.24) is 5.32 Å². The molecule has 0 bridgehead atoms. The third kappa shape index (κ3) is 6.02. The number of carbonyl (C=O) groups excluding carboxylic acids is 1. The van der Waals surface area contributed by atoms with Gasteiger partial charge in [-0.1, -0.05) is 20.8 Å². The minimum absolute atomic E-state index is 0.0486. The Kier molecular flexibility index (Phi) is 5.51. The topological polar surface area (TPSA) is 44.4 Å². The molecule has 0 saturated heterocycles. The number of benzene rings is 1. The Hall–Kier alpha value is -1.62. The summed E-state index contributed by atoms with van der Waals surface area (Å²) in [6, 6.07) is 7.83. The second kappa shape index (κ2) is 6.70. The number of thiocarbonyl (C=S) groups is 1. The van der Waals surface area contributed by atoms with Gasteiger partial charge in [0.2, 0.25) is 5.91 Å². The molecule has 1 rings (SSSR count). The predicted octanol–water partition coefficient (Wildman–Crippen LogP) is 3.00. The number of nitrogens with zero attached hydrogens (tertiary/aromatic N) is 1. The highest BCUT2D eigenvalue weighted by atomic mass is 32.1. The van der Waals surface area contributed by atoms with Gasteiger partial charge in [0.1, 0.15) is 0 Å². The molecular formula is C15H23N3OS. The van der Waals surface area contributed by atoms with Crippen LogP contribution in [-0.2, 0) is 4.79 Å². The van der Waals surface area contributed by atoms with Gasteiger partial charge < -0.3 is 15.5 Å². The first-order valence-electron chi connectivity index (χ1n) is 6.55. The van der Waals surface area contributed by atoms with Crippen molar-refractivity contribution >= 4 is 34.6 Å². The van der Waals surface area contributed by atoms with Gasteiger partial charge in [-0.3, -0.25) is 4.79 Å². The molecule has 0 aliphatic carbocycles. The molecule has 0 unspecified atom stereocenters. The Morgan fingerprint density at radius 2 is 1.75 bits per heavy atom. The first-order chi connectivity index (χ1) is 9.17. The van der Waals surface area contributed by atoms with Gasteiger partial charge in [0, 0.05) is 31.9 Å². The Balaban J connectivity index is 2.52. The summed E-state index contributed by atoms with van der Waals surface area (Å²) in [5, 5.41) is 6.03. The lowest BCUT2D eigenvalue weighted by Crippen LogP contribution is -2.36. The first kappa shape index (κ1) is 16.4. The maximum atomic E-state index is 11.8. The molecule has 20 heavy (non-hydrogen) atoms. The quantitative estimate of drug-likeness (QED) is 0.841. The predicted molar refractivity (Wildman–Crippen MR) is 89.2 cm³/mol. The second-order valence-corrected chi connectivity index (χ2v) is 6.59. The maximum Gasteiger partial charge on any atom is 0.226 e. The van der Waals surface area contributed by atoms with Crippen molar-refractivity contribution in [3.63, 3.8) is 0 Å². The molecule has 0 radical (unpaired) electrons. The van der Waals surface area contributed by atoms with Crippen LogP contribution in [0.1, 0.15) is 27.2 Å². The zero-order valence-electron chi connectivity index (χ0n) is 12.8. The smallest absolute Gasteiger partial charge is 0.226 e. The van der Waals surface area contributed by atoms with E-state index in [1.54, 1.807) is 0 Å². The van der Waals surface area contributed by atoms with E-state index in [1.807, 2.05) is 64.0 Å². The average molecular weight is 293 g/mol. The summed E-state index contributed by atoms with van der Waals surface area (Å²) in [5.41, 5.74) is 1.92. The summed E-state index contributed by atoms with van der Waals surface area (Å²) in [7, 11) is 3.97. The molecule has 0 aromatic heterocycles. The fraction of sp³-hybridized carbons (Fsp3) is 0.467. The number of amides is 1. The largest absolute Gasteiger partial charge is 0.378 e. The zero-order chi connectivity index (χ0) is 15.3. The molecule has 0 atom stereocenters. The van der Waals surface area contributed by atoms with Gasteiger partial charge in [0.05, 0.1) is 0 Å². The van der Waals surface area contributed by atoms with Gasteiger partial charge >= 0.3 is 0 Å². The van der Waals surface area contributed by atoms with Crippen LogP contribution in [-0.4, -0.2) is 25.1 Å². The fourth-order valence-electron chi connectivity index (χ4n) is 1.66. The molecule has 4 nitrogen and oxygen atoms in total. The molecule has 0 fully saturated rings. The normalized spacial score (nSPS) is 10.8. The van der Waals surface area contributed by atoms with E-state index < -0.39 is 0 Å². The Morgan fingerprint density at radius 3 is 2.20 bits per heavy atom. The van der Waals surface area contributed by atoms with E-state index in [0.717, 1.165) is 11.4 Å². The van der Waals surface area contributed by atoms with Crippen molar-refractivity contribution in [3.05, 3.63) is 24.3 Å². The number of anilines is 2. The lowest BCUT2D eigenvalue weighted by Gasteiger charge is -2.18. The van der Waals surface area contributed by atoms with Crippen LogP contribution in [0.15, 0.2) is 24.3 Å². The van der Waals surface area contributed by atoms with E-state index in [9.17, 15) is 4.79 Å². The number of carbonyl (C=O) groups is 1. The maximum absolute atomic E-state index is 11.8. The third-order valence-corrected chi connectivity index (χ3v) is 2.79. The van der Waals surface area contributed by atoms with Crippen LogP contribution in [0.5, 0.6) is 0 Å². The van der Waals surface area contributed by atoms with Gasteiger partial charge in [-0.25, -0.2) is 0 Å². The molecule has 1 aromatic rings. The Morgan fingerprint density at radius 1 is 1.20 bits per heavy atom. The van der Waals surface area contributed by atoms with E-state index in [1.165, 1.54) is 0 Å². The van der Waals surface area contributed by atoms with Crippen molar-refractivity contribution in [2.45, 2.75) is 27.2 Å². The molecule has 0 heterocycles. The highest BCUT2D eigenvalue weighted by molar-refractivity contribution is 7.80. The molecule has 0 saturated carbocycles. The van der Waals surface area contributed by atoms with Gasteiger partial charge in [-0.15, -0.1) is 0 Å². The van der Waals surface area contributed by atoms with Crippen LogP contribution < -0.4 is 15.5 Å². The van der Waals surface area contributed by atoms with E-state index >= 15 is 0 Å². The van der Waals surface area contributed by atoms with E-state index in [2.05, 4.69) is 10.6 Å². The fourth-order valence-corrected chi connectivity index (χ4v) is 1.89. The monoisotopic (exact) mass is 293 g/mol. The number of nitrogens with one attached hydrogen (secondary N) is 2. The second-order valence-electron chi connectivity index (χ2n) is 6.18. The Labute approximate surface area is 126 Å². The standard InChI is InChI=1S/C15H23N3OS/c1-15(2,3)10-13(19)17-14(20)16-11-6-8-12(9-7-11)18(4)5/h6-9H,10H2,1-5H3,(H2,16,17,19,20). The zero-order valence-corrected chi connectivity index (χ0v) is 13.6. The molecule has 0 aliphatic rings. The lowest BCUT2D eigenvalue weighted by atomic mass is 9.92. The van der Waals surface area contributed by atoms with Gasteiger partial charge in [0.25, 0.3) is 0 Å². The van der Waals surface area contributed by atoms with E-state index in [4.69, 9.17) is 12.2 Å². The SMILES string of the molecule is CN(C)c1ccc(NC(=S)NC(=O)CC(C)(C)C)cc1. The Bertz CT molecular complexity index is 475. The van der Waals surface area contributed by atoms with Crippen molar-refractivity contribution in [1.29, 1.82) is 0 Å². The van der Waals surface area contributed by atoms with Crippen molar-refractivity contribution in [2.75, 3.05) is 24.3 Å². The molecule has 1 amide bonds. The minimum atomic E-state index is -0.0695. The molecule has 2 N–H and O–H groups in total. The summed E-state index contributed by atoms with van der Waals surface area (Å²) >= 11 is 5.13. The number of hydrogen-bond acceptors (Lipinski definition) is 3. The summed E-state index contributed by atoms with van der Waals surface area (Å²) in [5.74, 6) is -0.0695. The minimum Gasteiger partial charge on any atom is -0.378 e. The molecule has 0 aliphatic heterocycles.